The quantitative estimate of drug-likeness (QED) is 0.122. The van der Waals surface area contributed by atoms with Crippen molar-refractivity contribution in [1.82, 2.24) is 0 Å². The zero-order valence-corrected chi connectivity index (χ0v) is 23.9. The molecule has 0 aromatic heterocycles. The molecule has 0 saturated carbocycles. The van der Waals surface area contributed by atoms with Gasteiger partial charge in [-0.25, -0.2) is 9.59 Å². The minimum absolute atomic E-state index is 0.0664. The molecule has 0 unspecified atom stereocenters. The van der Waals surface area contributed by atoms with E-state index >= 15 is 0 Å². The first-order valence-electron chi connectivity index (χ1n) is 14.6. The number of hydrogen-bond acceptors (Lipinski definition) is 6. The molecule has 42 heavy (non-hydrogen) atoms. The van der Waals surface area contributed by atoms with Crippen LogP contribution in [0.3, 0.4) is 0 Å². The van der Waals surface area contributed by atoms with Crippen molar-refractivity contribution in [2.24, 2.45) is 0 Å². The van der Waals surface area contributed by atoms with Gasteiger partial charge in [0.05, 0.1) is 0 Å². The number of benzene rings is 4. The molecule has 0 bridgehead atoms. The fourth-order valence-corrected chi connectivity index (χ4v) is 5.06. The predicted molar refractivity (Wildman–Crippen MR) is 161 cm³/mol. The normalized spacial score (nSPS) is 14.0. The van der Waals surface area contributed by atoms with Gasteiger partial charge in [-0.1, -0.05) is 111 Å². The van der Waals surface area contributed by atoms with Gasteiger partial charge in [-0.2, -0.15) is 0 Å². The molecule has 4 aromatic carbocycles. The molecule has 0 aliphatic carbocycles. The molecule has 216 valence electrons. The number of esters is 2. The SMILES string of the molecule is CCCCC[C@H]1Cc2cc(OCc3ccccc3)c(C(=O)OCc3ccccc3)c(OCc3ccccc3)c2C(=O)O1. The second kappa shape index (κ2) is 14.4. The molecule has 1 heterocycles. The molecular formula is C36H36O6. The van der Waals surface area contributed by atoms with Crippen LogP contribution in [0.25, 0.3) is 0 Å². The topological polar surface area (TPSA) is 71.1 Å². The van der Waals surface area contributed by atoms with Gasteiger partial charge >= 0.3 is 11.9 Å². The number of fused-ring (bicyclic) bond motifs is 1. The average Bonchev–Trinajstić information content (AvgIpc) is 3.02. The average molecular weight is 565 g/mol. The Bertz CT molecular complexity index is 1470. The van der Waals surface area contributed by atoms with Gasteiger partial charge in [0.15, 0.2) is 5.75 Å². The Morgan fingerprint density at radius 2 is 1.36 bits per heavy atom. The van der Waals surface area contributed by atoms with Crippen LogP contribution in [0.15, 0.2) is 97.1 Å². The van der Waals surface area contributed by atoms with E-state index in [1.165, 1.54) is 0 Å². The van der Waals surface area contributed by atoms with Crippen molar-refractivity contribution >= 4 is 11.9 Å². The molecule has 0 spiro atoms. The fraction of sp³-hybridized carbons (Fsp3) is 0.278. The Morgan fingerprint density at radius 1 is 0.786 bits per heavy atom. The summed E-state index contributed by atoms with van der Waals surface area (Å²) in [6, 6.07) is 30.6. The number of carbonyl (C=O) groups excluding carboxylic acids is 2. The molecule has 6 heteroatoms. The summed E-state index contributed by atoms with van der Waals surface area (Å²) in [6.45, 7) is 2.60. The van der Waals surface area contributed by atoms with Crippen molar-refractivity contribution in [3.8, 4) is 11.5 Å². The van der Waals surface area contributed by atoms with Crippen molar-refractivity contribution < 1.29 is 28.5 Å². The van der Waals surface area contributed by atoms with Crippen LogP contribution in [0.1, 0.15) is 75.6 Å². The summed E-state index contributed by atoms with van der Waals surface area (Å²) < 4.78 is 24.2. The van der Waals surface area contributed by atoms with Crippen molar-refractivity contribution in [2.45, 2.75) is 65.0 Å². The first-order chi connectivity index (χ1) is 20.6. The second-order valence-corrected chi connectivity index (χ2v) is 10.5. The molecule has 1 aliphatic rings. The zero-order valence-electron chi connectivity index (χ0n) is 23.9. The fourth-order valence-electron chi connectivity index (χ4n) is 5.06. The van der Waals surface area contributed by atoms with Gasteiger partial charge in [-0.05, 0) is 41.2 Å². The number of carbonyl (C=O) groups is 2. The summed E-state index contributed by atoms with van der Waals surface area (Å²) in [5, 5.41) is 0. The maximum absolute atomic E-state index is 13.8. The number of rotatable bonds is 13. The van der Waals surface area contributed by atoms with Crippen LogP contribution in [0, 0.1) is 0 Å². The van der Waals surface area contributed by atoms with Crippen LogP contribution < -0.4 is 9.47 Å². The molecule has 1 aliphatic heterocycles. The van der Waals surface area contributed by atoms with Crippen LogP contribution in [-0.2, 0) is 35.7 Å². The standard InChI is InChI=1S/C36H36O6/c1-2-3-7-20-30-21-29-22-31(39-23-26-14-8-4-9-15-26)33(35(37)41-25-28-18-12-6-13-19-28)34(32(29)36(38)42-30)40-24-27-16-10-5-11-17-27/h4-6,8-19,22,30H,2-3,7,20-21,23-25H2,1H3/t30-/m0/s1. The third-order valence-electron chi connectivity index (χ3n) is 7.26. The van der Waals surface area contributed by atoms with Crippen LogP contribution in [-0.4, -0.2) is 18.0 Å². The highest BCUT2D eigenvalue weighted by Gasteiger charge is 2.35. The Balaban J connectivity index is 1.54. The first kappa shape index (κ1) is 28.9. The molecule has 6 nitrogen and oxygen atoms in total. The lowest BCUT2D eigenvalue weighted by molar-refractivity contribution is 0.0225. The van der Waals surface area contributed by atoms with E-state index in [0.29, 0.717) is 12.2 Å². The Labute approximate surface area is 247 Å². The van der Waals surface area contributed by atoms with E-state index in [4.69, 9.17) is 18.9 Å². The highest BCUT2D eigenvalue weighted by molar-refractivity contribution is 6.04. The van der Waals surface area contributed by atoms with Gasteiger partial charge in [-0.15, -0.1) is 0 Å². The van der Waals surface area contributed by atoms with Gasteiger partial charge < -0.3 is 18.9 Å². The van der Waals surface area contributed by atoms with Crippen molar-refractivity contribution in [3.05, 3.63) is 130 Å². The minimum atomic E-state index is -0.634. The molecule has 0 saturated heterocycles. The monoisotopic (exact) mass is 564 g/mol. The summed E-state index contributed by atoms with van der Waals surface area (Å²) >= 11 is 0. The van der Waals surface area contributed by atoms with Crippen LogP contribution in [0.2, 0.25) is 0 Å². The molecule has 1 atom stereocenters. The molecule has 0 radical (unpaired) electrons. The lowest BCUT2D eigenvalue weighted by Crippen LogP contribution is -2.29. The Hall–Kier alpha value is -4.58. The lowest BCUT2D eigenvalue weighted by Gasteiger charge is -2.28. The highest BCUT2D eigenvalue weighted by atomic mass is 16.6. The summed E-state index contributed by atoms with van der Waals surface area (Å²) in [7, 11) is 0. The summed E-state index contributed by atoms with van der Waals surface area (Å²) in [4.78, 5) is 27.3. The predicted octanol–water partition coefficient (Wildman–Crippen LogP) is 7.86. The summed E-state index contributed by atoms with van der Waals surface area (Å²) in [5.74, 6) is -0.673. The second-order valence-electron chi connectivity index (χ2n) is 10.5. The van der Waals surface area contributed by atoms with Crippen molar-refractivity contribution in [3.63, 3.8) is 0 Å². The van der Waals surface area contributed by atoms with E-state index in [0.717, 1.165) is 47.9 Å². The highest BCUT2D eigenvalue weighted by Crippen LogP contribution is 2.41. The first-order valence-corrected chi connectivity index (χ1v) is 14.6. The number of hydrogen-bond donors (Lipinski definition) is 0. The maximum atomic E-state index is 13.8. The minimum Gasteiger partial charge on any atom is -0.488 e. The molecule has 5 rings (SSSR count). The van der Waals surface area contributed by atoms with Crippen LogP contribution >= 0.6 is 0 Å². The summed E-state index contributed by atoms with van der Waals surface area (Å²) in [6.07, 6.45) is 4.19. The number of unbranched alkanes of at least 4 members (excludes halogenated alkanes) is 2. The van der Waals surface area contributed by atoms with E-state index in [1.807, 2.05) is 91.0 Å². The molecule has 0 amide bonds. The van der Waals surface area contributed by atoms with Gasteiger partial charge in [0.1, 0.15) is 42.8 Å². The number of ether oxygens (including phenoxy) is 4. The molecular weight excluding hydrogens is 528 g/mol. The maximum Gasteiger partial charge on any atom is 0.346 e. The van der Waals surface area contributed by atoms with E-state index in [-0.39, 0.29) is 42.8 Å². The van der Waals surface area contributed by atoms with Crippen molar-refractivity contribution in [1.29, 1.82) is 0 Å². The van der Waals surface area contributed by atoms with Crippen molar-refractivity contribution in [2.75, 3.05) is 0 Å². The third kappa shape index (κ3) is 7.38. The van der Waals surface area contributed by atoms with Gasteiger partial charge in [0, 0.05) is 6.42 Å². The lowest BCUT2D eigenvalue weighted by atomic mass is 9.92. The van der Waals surface area contributed by atoms with Crippen LogP contribution in [0.5, 0.6) is 11.5 Å². The number of cyclic esters (lactones) is 1. The molecule has 0 N–H and O–H groups in total. The largest absolute Gasteiger partial charge is 0.488 e. The summed E-state index contributed by atoms with van der Waals surface area (Å²) in [5.41, 5.74) is 3.78. The Morgan fingerprint density at radius 3 is 1.95 bits per heavy atom. The Kier molecular flexibility index (Phi) is 9.89. The third-order valence-corrected chi connectivity index (χ3v) is 7.26. The van der Waals surface area contributed by atoms with E-state index < -0.39 is 11.9 Å². The zero-order chi connectivity index (χ0) is 29.1. The molecule has 4 aromatic rings. The van der Waals surface area contributed by atoms with E-state index in [2.05, 4.69) is 6.92 Å². The van der Waals surface area contributed by atoms with Gasteiger partial charge in [0.2, 0.25) is 0 Å². The van der Waals surface area contributed by atoms with Gasteiger partial charge in [0.25, 0.3) is 0 Å². The van der Waals surface area contributed by atoms with E-state index in [9.17, 15) is 9.59 Å². The molecule has 0 fully saturated rings. The van der Waals surface area contributed by atoms with Gasteiger partial charge in [-0.3, -0.25) is 0 Å². The smallest absolute Gasteiger partial charge is 0.346 e. The van der Waals surface area contributed by atoms with E-state index in [1.54, 1.807) is 6.07 Å². The van der Waals surface area contributed by atoms with Crippen LogP contribution in [0.4, 0.5) is 0 Å².